The standard InChI is InChI=1S/C18H19NO4/c1-11-6-4-7-12(2)16(11)19-17(21)13(3)23-18(22)14-8-5-9-15(20)10-14/h4-10,13,20H,1-3H3,(H,19,21). The van der Waals surface area contributed by atoms with Crippen molar-refractivity contribution in [3.8, 4) is 5.75 Å². The zero-order valence-corrected chi connectivity index (χ0v) is 13.3. The molecule has 0 aliphatic carbocycles. The Labute approximate surface area is 134 Å². The minimum Gasteiger partial charge on any atom is -0.508 e. The molecule has 0 saturated carbocycles. The topological polar surface area (TPSA) is 75.6 Å². The van der Waals surface area contributed by atoms with Crippen molar-refractivity contribution in [1.29, 1.82) is 0 Å². The van der Waals surface area contributed by atoms with Gasteiger partial charge >= 0.3 is 5.97 Å². The molecule has 0 aromatic heterocycles. The molecule has 2 N–H and O–H groups in total. The number of esters is 1. The molecule has 1 atom stereocenters. The lowest BCUT2D eigenvalue weighted by atomic mass is 10.1. The Balaban J connectivity index is 2.04. The summed E-state index contributed by atoms with van der Waals surface area (Å²) in [5, 5.41) is 12.2. The van der Waals surface area contributed by atoms with Crippen LogP contribution in [-0.4, -0.2) is 23.1 Å². The summed E-state index contributed by atoms with van der Waals surface area (Å²) in [6, 6.07) is 11.5. The molecule has 1 unspecified atom stereocenters. The fourth-order valence-electron chi connectivity index (χ4n) is 2.15. The quantitative estimate of drug-likeness (QED) is 0.850. The van der Waals surface area contributed by atoms with E-state index in [4.69, 9.17) is 4.74 Å². The Morgan fingerprint density at radius 1 is 1.09 bits per heavy atom. The molecule has 0 spiro atoms. The van der Waals surface area contributed by atoms with Gasteiger partial charge in [0.05, 0.1) is 5.56 Å². The van der Waals surface area contributed by atoms with Gasteiger partial charge in [-0.25, -0.2) is 4.79 Å². The number of rotatable bonds is 4. The van der Waals surface area contributed by atoms with E-state index >= 15 is 0 Å². The second kappa shape index (κ2) is 6.96. The summed E-state index contributed by atoms with van der Waals surface area (Å²) in [7, 11) is 0. The summed E-state index contributed by atoms with van der Waals surface area (Å²) < 4.78 is 5.14. The van der Waals surface area contributed by atoms with Crippen LogP contribution in [0.25, 0.3) is 0 Å². The van der Waals surface area contributed by atoms with Crippen LogP contribution in [0.1, 0.15) is 28.4 Å². The molecule has 0 aliphatic rings. The number of carbonyl (C=O) groups is 2. The van der Waals surface area contributed by atoms with Gasteiger partial charge in [-0.3, -0.25) is 4.79 Å². The first-order valence-corrected chi connectivity index (χ1v) is 7.25. The molecule has 23 heavy (non-hydrogen) atoms. The molecule has 2 aromatic rings. The maximum atomic E-state index is 12.2. The number of hydrogen-bond donors (Lipinski definition) is 2. The fraction of sp³-hybridized carbons (Fsp3) is 0.222. The monoisotopic (exact) mass is 313 g/mol. The van der Waals surface area contributed by atoms with Crippen LogP contribution < -0.4 is 5.32 Å². The minimum atomic E-state index is -0.955. The van der Waals surface area contributed by atoms with Gasteiger partial charge in [-0.15, -0.1) is 0 Å². The number of benzene rings is 2. The molecule has 1 amide bonds. The number of carbonyl (C=O) groups excluding carboxylic acids is 2. The molecule has 2 aromatic carbocycles. The number of ether oxygens (including phenoxy) is 1. The van der Waals surface area contributed by atoms with Gasteiger partial charge in [0, 0.05) is 5.69 Å². The van der Waals surface area contributed by atoms with Gasteiger partial charge < -0.3 is 15.2 Å². The fourth-order valence-corrected chi connectivity index (χ4v) is 2.15. The number of aromatic hydroxyl groups is 1. The molecule has 5 nitrogen and oxygen atoms in total. The summed E-state index contributed by atoms with van der Waals surface area (Å²) in [4.78, 5) is 24.2. The molecular formula is C18H19NO4. The summed E-state index contributed by atoms with van der Waals surface area (Å²) >= 11 is 0. The third-order valence-electron chi connectivity index (χ3n) is 3.46. The lowest BCUT2D eigenvalue weighted by Crippen LogP contribution is -2.30. The number of aryl methyl sites for hydroxylation is 2. The smallest absolute Gasteiger partial charge is 0.339 e. The number of hydrogen-bond acceptors (Lipinski definition) is 4. The molecule has 120 valence electrons. The van der Waals surface area contributed by atoms with E-state index in [-0.39, 0.29) is 11.3 Å². The molecule has 0 heterocycles. The van der Waals surface area contributed by atoms with E-state index in [1.54, 1.807) is 0 Å². The number of para-hydroxylation sites is 1. The zero-order valence-electron chi connectivity index (χ0n) is 13.3. The van der Waals surface area contributed by atoms with Gasteiger partial charge in [0.15, 0.2) is 6.10 Å². The summed E-state index contributed by atoms with van der Waals surface area (Å²) in [5.74, 6) is -1.10. The predicted octanol–water partition coefficient (Wildman–Crippen LogP) is 3.19. The molecule has 0 radical (unpaired) electrons. The average molecular weight is 313 g/mol. The van der Waals surface area contributed by atoms with E-state index in [1.165, 1.54) is 31.2 Å². The van der Waals surface area contributed by atoms with E-state index in [0.717, 1.165) is 16.8 Å². The maximum Gasteiger partial charge on any atom is 0.339 e. The van der Waals surface area contributed by atoms with E-state index < -0.39 is 18.0 Å². The Morgan fingerprint density at radius 2 is 1.70 bits per heavy atom. The van der Waals surface area contributed by atoms with E-state index in [0.29, 0.717) is 0 Å². The van der Waals surface area contributed by atoms with Gasteiger partial charge in [-0.1, -0.05) is 24.3 Å². The lowest BCUT2D eigenvalue weighted by molar-refractivity contribution is -0.123. The van der Waals surface area contributed by atoms with Crippen molar-refractivity contribution in [2.45, 2.75) is 26.9 Å². The van der Waals surface area contributed by atoms with Crippen LogP contribution in [0.5, 0.6) is 5.75 Å². The van der Waals surface area contributed by atoms with Crippen LogP contribution in [0, 0.1) is 13.8 Å². The van der Waals surface area contributed by atoms with Crippen molar-refractivity contribution in [2.75, 3.05) is 5.32 Å². The van der Waals surface area contributed by atoms with Crippen molar-refractivity contribution in [3.63, 3.8) is 0 Å². The van der Waals surface area contributed by atoms with Crippen LogP contribution in [0.3, 0.4) is 0 Å². The van der Waals surface area contributed by atoms with Gasteiger partial charge in [-0.05, 0) is 50.1 Å². The average Bonchev–Trinajstić information content (AvgIpc) is 2.50. The lowest BCUT2D eigenvalue weighted by Gasteiger charge is -2.16. The summed E-state index contributed by atoms with van der Waals surface area (Å²) in [6.45, 7) is 5.29. The molecule has 2 rings (SSSR count). The van der Waals surface area contributed by atoms with E-state index in [2.05, 4.69) is 5.32 Å². The van der Waals surface area contributed by atoms with Crippen molar-refractivity contribution < 1.29 is 19.4 Å². The SMILES string of the molecule is Cc1cccc(C)c1NC(=O)C(C)OC(=O)c1cccc(O)c1. The third-order valence-corrected chi connectivity index (χ3v) is 3.46. The summed E-state index contributed by atoms with van der Waals surface area (Å²) in [6.07, 6.45) is -0.955. The predicted molar refractivity (Wildman–Crippen MR) is 87.5 cm³/mol. The summed E-state index contributed by atoms with van der Waals surface area (Å²) in [5.41, 5.74) is 2.78. The second-order valence-electron chi connectivity index (χ2n) is 5.35. The van der Waals surface area contributed by atoms with Crippen molar-refractivity contribution >= 4 is 17.6 Å². The van der Waals surface area contributed by atoms with Crippen LogP contribution in [0.4, 0.5) is 5.69 Å². The van der Waals surface area contributed by atoms with Gasteiger partial charge in [0.1, 0.15) is 5.75 Å². The Morgan fingerprint density at radius 3 is 2.30 bits per heavy atom. The first-order valence-electron chi connectivity index (χ1n) is 7.25. The molecule has 0 fully saturated rings. The highest BCUT2D eigenvalue weighted by molar-refractivity contribution is 5.98. The Kier molecular flexibility index (Phi) is 5.01. The molecule has 5 heteroatoms. The van der Waals surface area contributed by atoms with Crippen molar-refractivity contribution in [2.24, 2.45) is 0 Å². The van der Waals surface area contributed by atoms with Crippen LogP contribution in [0.2, 0.25) is 0 Å². The third kappa shape index (κ3) is 4.10. The van der Waals surface area contributed by atoms with E-state index in [1.807, 2.05) is 32.0 Å². The highest BCUT2D eigenvalue weighted by atomic mass is 16.5. The Hall–Kier alpha value is -2.82. The molecule has 0 aliphatic heterocycles. The highest BCUT2D eigenvalue weighted by Crippen LogP contribution is 2.20. The first-order chi connectivity index (χ1) is 10.9. The number of phenolic OH excluding ortho intramolecular Hbond substituents is 1. The highest BCUT2D eigenvalue weighted by Gasteiger charge is 2.20. The van der Waals surface area contributed by atoms with E-state index in [9.17, 15) is 14.7 Å². The molecule has 0 bridgehead atoms. The maximum absolute atomic E-state index is 12.2. The molecular weight excluding hydrogens is 294 g/mol. The van der Waals surface area contributed by atoms with Crippen LogP contribution in [0.15, 0.2) is 42.5 Å². The number of phenols is 1. The largest absolute Gasteiger partial charge is 0.508 e. The van der Waals surface area contributed by atoms with Gasteiger partial charge in [0.2, 0.25) is 0 Å². The number of anilines is 1. The second-order valence-corrected chi connectivity index (χ2v) is 5.35. The minimum absolute atomic E-state index is 0.0351. The van der Waals surface area contributed by atoms with Crippen LogP contribution >= 0.6 is 0 Å². The van der Waals surface area contributed by atoms with Crippen molar-refractivity contribution in [1.82, 2.24) is 0 Å². The van der Waals surface area contributed by atoms with Gasteiger partial charge in [0.25, 0.3) is 5.91 Å². The normalized spacial score (nSPS) is 11.6. The first kappa shape index (κ1) is 16.5. The Bertz CT molecular complexity index is 719. The van der Waals surface area contributed by atoms with Crippen molar-refractivity contribution in [3.05, 3.63) is 59.2 Å². The number of nitrogens with one attached hydrogen (secondary N) is 1. The van der Waals surface area contributed by atoms with Crippen LogP contribution in [-0.2, 0) is 9.53 Å². The van der Waals surface area contributed by atoms with Gasteiger partial charge in [-0.2, -0.15) is 0 Å². The number of amides is 1. The molecule has 0 saturated heterocycles. The zero-order chi connectivity index (χ0) is 17.0.